The monoisotopic (exact) mass is 230 g/mol. The first-order valence-electron chi connectivity index (χ1n) is 5.52. The molecule has 0 aliphatic carbocycles. The van der Waals surface area contributed by atoms with Crippen LogP contribution in [0.5, 0.6) is 0 Å². The molecule has 0 atom stereocenters. The topological polar surface area (TPSA) is 58.3 Å². The molecule has 0 fully saturated rings. The molecule has 0 spiro atoms. The Balaban J connectivity index is 2.24. The predicted molar refractivity (Wildman–Crippen MR) is 67.1 cm³/mol. The Bertz CT molecular complexity index is 523. The highest BCUT2D eigenvalue weighted by Crippen LogP contribution is 2.06. The van der Waals surface area contributed by atoms with Crippen molar-refractivity contribution < 1.29 is 10.0 Å². The van der Waals surface area contributed by atoms with E-state index in [-0.39, 0.29) is 0 Å². The van der Waals surface area contributed by atoms with Gasteiger partial charge in [-0.15, -0.1) is 0 Å². The minimum Gasteiger partial charge on any atom is -0.423 e. The van der Waals surface area contributed by atoms with Gasteiger partial charge in [-0.3, -0.25) is 4.68 Å². The number of benzene rings is 1. The lowest BCUT2D eigenvalue weighted by atomic mass is 9.80. The highest BCUT2D eigenvalue weighted by molar-refractivity contribution is 6.58. The van der Waals surface area contributed by atoms with Gasteiger partial charge in [-0.1, -0.05) is 24.3 Å². The maximum Gasteiger partial charge on any atom is 0.488 e. The van der Waals surface area contributed by atoms with Crippen molar-refractivity contribution in [3.8, 4) is 0 Å². The van der Waals surface area contributed by atoms with Crippen molar-refractivity contribution >= 4 is 12.6 Å². The summed E-state index contributed by atoms with van der Waals surface area (Å²) < 4.78 is 1.90. The maximum atomic E-state index is 9.11. The molecular weight excluding hydrogens is 215 g/mol. The van der Waals surface area contributed by atoms with Gasteiger partial charge in [-0.2, -0.15) is 5.10 Å². The fraction of sp³-hybridized carbons (Fsp3) is 0.250. The molecule has 0 amide bonds. The number of aryl methyl sites for hydroxylation is 2. The quantitative estimate of drug-likeness (QED) is 0.742. The smallest absolute Gasteiger partial charge is 0.423 e. The minimum absolute atomic E-state index is 0.504. The molecule has 2 aromatic rings. The summed E-state index contributed by atoms with van der Waals surface area (Å²) in [4.78, 5) is 0. The maximum absolute atomic E-state index is 9.11. The molecule has 1 heterocycles. The lowest BCUT2D eigenvalue weighted by Crippen LogP contribution is -2.30. The van der Waals surface area contributed by atoms with Gasteiger partial charge in [0.05, 0.1) is 12.2 Å². The van der Waals surface area contributed by atoms with Crippen LogP contribution >= 0.6 is 0 Å². The average molecular weight is 230 g/mol. The highest BCUT2D eigenvalue weighted by Gasteiger charge is 2.11. The van der Waals surface area contributed by atoms with Crippen molar-refractivity contribution in [1.82, 2.24) is 9.78 Å². The zero-order valence-corrected chi connectivity index (χ0v) is 9.96. The van der Waals surface area contributed by atoms with Gasteiger partial charge in [-0.25, -0.2) is 0 Å². The Kier molecular flexibility index (Phi) is 3.31. The fourth-order valence-electron chi connectivity index (χ4n) is 1.86. The summed E-state index contributed by atoms with van der Waals surface area (Å²) in [6.45, 7) is 4.60. The van der Waals surface area contributed by atoms with Crippen molar-refractivity contribution in [3.63, 3.8) is 0 Å². The molecule has 2 rings (SSSR count). The van der Waals surface area contributed by atoms with E-state index in [0.29, 0.717) is 12.0 Å². The normalized spacial score (nSPS) is 10.6. The van der Waals surface area contributed by atoms with Gasteiger partial charge in [0.15, 0.2) is 0 Å². The molecule has 88 valence electrons. The molecule has 2 N–H and O–H groups in total. The SMILES string of the molecule is Cc1cc(C)n(Cc2cccc(B(O)O)c2)n1. The molecule has 0 unspecified atom stereocenters. The van der Waals surface area contributed by atoms with Crippen LogP contribution in [0.1, 0.15) is 17.0 Å². The summed E-state index contributed by atoms with van der Waals surface area (Å²) in [7, 11) is -1.42. The standard InChI is InChI=1S/C12H15BN2O2/c1-9-6-10(2)15(14-9)8-11-4-3-5-12(7-11)13(16)17/h3-7,16-17H,8H2,1-2H3. The largest absolute Gasteiger partial charge is 0.488 e. The van der Waals surface area contributed by atoms with Crippen LogP contribution in [0.25, 0.3) is 0 Å². The lowest BCUT2D eigenvalue weighted by Gasteiger charge is -2.06. The summed E-state index contributed by atoms with van der Waals surface area (Å²) in [6.07, 6.45) is 0. The summed E-state index contributed by atoms with van der Waals surface area (Å²) in [5, 5.41) is 22.6. The Morgan fingerprint density at radius 1 is 1.24 bits per heavy atom. The molecule has 0 bridgehead atoms. The van der Waals surface area contributed by atoms with Crippen molar-refractivity contribution in [2.75, 3.05) is 0 Å². The van der Waals surface area contributed by atoms with E-state index < -0.39 is 7.12 Å². The zero-order chi connectivity index (χ0) is 12.4. The second-order valence-corrected chi connectivity index (χ2v) is 4.20. The summed E-state index contributed by atoms with van der Waals surface area (Å²) >= 11 is 0. The van der Waals surface area contributed by atoms with E-state index in [9.17, 15) is 0 Å². The van der Waals surface area contributed by atoms with Crippen LogP contribution in [0.3, 0.4) is 0 Å². The lowest BCUT2D eigenvalue weighted by molar-refractivity contribution is 0.425. The van der Waals surface area contributed by atoms with E-state index in [1.807, 2.05) is 36.7 Å². The van der Waals surface area contributed by atoms with Crippen molar-refractivity contribution in [1.29, 1.82) is 0 Å². The van der Waals surface area contributed by atoms with Crippen LogP contribution in [-0.2, 0) is 6.54 Å². The molecule has 5 heteroatoms. The second kappa shape index (κ2) is 4.73. The van der Waals surface area contributed by atoms with Gasteiger partial charge in [0, 0.05) is 5.69 Å². The highest BCUT2D eigenvalue weighted by atomic mass is 16.4. The predicted octanol–water partition coefficient (Wildman–Crippen LogP) is 0.228. The number of aromatic nitrogens is 2. The van der Waals surface area contributed by atoms with Gasteiger partial charge < -0.3 is 10.0 Å². The van der Waals surface area contributed by atoms with Crippen LogP contribution < -0.4 is 5.46 Å². The first kappa shape index (κ1) is 11.9. The third-order valence-corrected chi connectivity index (χ3v) is 2.68. The van der Waals surface area contributed by atoms with Gasteiger partial charge in [0.2, 0.25) is 0 Å². The van der Waals surface area contributed by atoms with Crippen LogP contribution in [0.15, 0.2) is 30.3 Å². The number of nitrogens with zero attached hydrogens (tertiary/aromatic N) is 2. The third-order valence-electron chi connectivity index (χ3n) is 2.68. The second-order valence-electron chi connectivity index (χ2n) is 4.20. The van der Waals surface area contributed by atoms with Crippen molar-refractivity contribution in [2.24, 2.45) is 0 Å². The Labute approximate surface area is 101 Å². The van der Waals surface area contributed by atoms with E-state index in [1.54, 1.807) is 12.1 Å². The molecule has 1 aromatic heterocycles. The summed E-state index contributed by atoms with van der Waals surface area (Å²) in [5.41, 5.74) is 3.59. The molecular formula is C12H15BN2O2. The van der Waals surface area contributed by atoms with Crippen molar-refractivity contribution in [3.05, 3.63) is 47.3 Å². The molecule has 0 aliphatic rings. The van der Waals surface area contributed by atoms with Gasteiger partial charge >= 0.3 is 7.12 Å². The third kappa shape index (κ3) is 2.75. The zero-order valence-electron chi connectivity index (χ0n) is 9.96. The van der Waals surface area contributed by atoms with Gasteiger partial charge in [-0.05, 0) is 30.9 Å². The first-order chi connectivity index (χ1) is 8.06. The average Bonchev–Trinajstić information content (AvgIpc) is 2.58. The van der Waals surface area contributed by atoms with E-state index in [1.165, 1.54) is 0 Å². The van der Waals surface area contributed by atoms with Crippen LogP contribution in [-0.4, -0.2) is 26.9 Å². The molecule has 0 saturated heterocycles. The molecule has 0 radical (unpaired) electrons. The van der Waals surface area contributed by atoms with Gasteiger partial charge in [0.1, 0.15) is 0 Å². The summed E-state index contributed by atoms with van der Waals surface area (Å²) in [5.74, 6) is 0. The van der Waals surface area contributed by atoms with Crippen LogP contribution in [0.2, 0.25) is 0 Å². The summed E-state index contributed by atoms with van der Waals surface area (Å²) in [6, 6.07) is 9.25. The number of hydrogen-bond donors (Lipinski definition) is 2. The van der Waals surface area contributed by atoms with Crippen molar-refractivity contribution in [2.45, 2.75) is 20.4 Å². The fourth-order valence-corrected chi connectivity index (χ4v) is 1.86. The number of rotatable bonds is 3. The van der Waals surface area contributed by atoms with E-state index in [4.69, 9.17) is 10.0 Å². The molecule has 0 saturated carbocycles. The number of hydrogen-bond acceptors (Lipinski definition) is 3. The molecule has 0 aliphatic heterocycles. The molecule has 17 heavy (non-hydrogen) atoms. The Morgan fingerprint density at radius 2 is 2.00 bits per heavy atom. The van der Waals surface area contributed by atoms with Gasteiger partial charge in [0.25, 0.3) is 0 Å². The first-order valence-corrected chi connectivity index (χ1v) is 5.52. The van der Waals surface area contributed by atoms with E-state index in [2.05, 4.69) is 5.10 Å². The Morgan fingerprint density at radius 3 is 2.59 bits per heavy atom. The van der Waals surface area contributed by atoms with Crippen LogP contribution in [0, 0.1) is 13.8 Å². The van der Waals surface area contributed by atoms with Crippen LogP contribution in [0.4, 0.5) is 0 Å². The molecule has 1 aromatic carbocycles. The molecule has 4 nitrogen and oxygen atoms in total. The Hall–Kier alpha value is -1.59. The minimum atomic E-state index is -1.42. The van der Waals surface area contributed by atoms with E-state index in [0.717, 1.165) is 17.0 Å². The van der Waals surface area contributed by atoms with E-state index >= 15 is 0 Å².